The minimum absolute atomic E-state index is 0.161. The molecule has 0 spiro atoms. The third-order valence-corrected chi connectivity index (χ3v) is 4.96. The Hall–Kier alpha value is -4.08. The lowest BCUT2D eigenvalue weighted by Crippen LogP contribution is -2.44. The van der Waals surface area contributed by atoms with Gasteiger partial charge in [-0.3, -0.25) is 0 Å². The van der Waals surface area contributed by atoms with Crippen molar-refractivity contribution in [1.29, 1.82) is 0 Å². The van der Waals surface area contributed by atoms with Crippen molar-refractivity contribution >= 4 is 24.6 Å². The van der Waals surface area contributed by atoms with E-state index in [1.54, 1.807) is 13.2 Å². The molecule has 0 aliphatic carbocycles. The SMILES string of the molecule is COC1(C)COC(=O)OC1.O=C1OC=CCO1.O=C1OCC(CO)O1.O=C1OCC(COCc2ccccc2)O1. The summed E-state index contributed by atoms with van der Waals surface area (Å²) in [5.74, 6) is 0. The molecule has 5 rings (SSSR count). The van der Waals surface area contributed by atoms with Crippen LogP contribution < -0.4 is 0 Å². The van der Waals surface area contributed by atoms with Crippen LogP contribution in [0.4, 0.5) is 19.2 Å². The van der Waals surface area contributed by atoms with Crippen LogP contribution in [-0.2, 0) is 54.0 Å². The van der Waals surface area contributed by atoms with Crippen LogP contribution in [0.5, 0.6) is 0 Å². The van der Waals surface area contributed by atoms with Crippen LogP contribution in [-0.4, -0.2) is 101 Å². The number of hydrogen-bond donors (Lipinski definition) is 1. The molecular weight excluding hydrogens is 540 g/mol. The van der Waals surface area contributed by atoms with E-state index in [0.29, 0.717) is 19.8 Å². The summed E-state index contributed by atoms with van der Waals surface area (Å²) in [6, 6.07) is 9.83. The van der Waals surface area contributed by atoms with Gasteiger partial charge < -0.3 is 52.5 Å². The molecule has 0 amide bonds. The van der Waals surface area contributed by atoms with E-state index in [1.165, 1.54) is 6.26 Å². The second-order valence-electron chi connectivity index (χ2n) is 8.32. The maximum atomic E-state index is 10.6. The molecular formula is C25H32O15. The monoisotopic (exact) mass is 572 g/mol. The number of methoxy groups -OCH3 is 1. The number of carbonyl (C=O) groups is 4. The van der Waals surface area contributed by atoms with Crippen LogP contribution in [0.25, 0.3) is 0 Å². The van der Waals surface area contributed by atoms with E-state index in [4.69, 9.17) is 19.3 Å². The maximum Gasteiger partial charge on any atom is 0.513 e. The van der Waals surface area contributed by atoms with Crippen molar-refractivity contribution in [1.82, 2.24) is 0 Å². The molecule has 3 fully saturated rings. The van der Waals surface area contributed by atoms with Crippen molar-refractivity contribution in [3.8, 4) is 0 Å². The van der Waals surface area contributed by atoms with Crippen molar-refractivity contribution in [2.45, 2.75) is 31.3 Å². The van der Waals surface area contributed by atoms with Crippen LogP contribution in [0, 0.1) is 0 Å². The van der Waals surface area contributed by atoms with Crippen molar-refractivity contribution in [3.63, 3.8) is 0 Å². The van der Waals surface area contributed by atoms with Gasteiger partial charge in [0.15, 0.2) is 12.2 Å². The average molecular weight is 573 g/mol. The summed E-state index contributed by atoms with van der Waals surface area (Å²) in [5.41, 5.74) is 0.635. The minimum atomic E-state index is -0.691. The molecule has 4 aliphatic rings. The van der Waals surface area contributed by atoms with Gasteiger partial charge in [-0.25, -0.2) is 19.2 Å². The maximum absolute atomic E-state index is 10.6. The first-order valence-electron chi connectivity index (χ1n) is 12.0. The fourth-order valence-electron chi connectivity index (χ4n) is 2.70. The van der Waals surface area contributed by atoms with Gasteiger partial charge in [0.1, 0.15) is 38.6 Å². The molecule has 1 aromatic carbocycles. The summed E-state index contributed by atoms with van der Waals surface area (Å²) < 4.78 is 46.4. The molecule has 4 aliphatic heterocycles. The van der Waals surface area contributed by atoms with E-state index in [0.717, 1.165) is 5.56 Å². The molecule has 1 N–H and O–H groups in total. The summed E-state index contributed by atoms with van der Waals surface area (Å²) in [7, 11) is 1.56. The van der Waals surface area contributed by atoms with Gasteiger partial charge in [0.25, 0.3) is 0 Å². The molecule has 3 saturated heterocycles. The largest absolute Gasteiger partial charge is 0.513 e. The van der Waals surface area contributed by atoms with E-state index in [-0.39, 0.29) is 39.1 Å². The first-order chi connectivity index (χ1) is 19.2. The highest BCUT2D eigenvalue weighted by molar-refractivity contribution is 5.62. The van der Waals surface area contributed by atoms with Gasteiger partial charge in [0.05, 0.1) is 26.1 Å². The third-order valence-electron chi connectivity index (χ3n) is 4.96. The molecule has 1 aromatic rings. The van der Waals surface area contributed by atoms with Crippen molar-refractivity contribution < 1.29 is 71.7 Å². The number of benzene rings is 1. The topological polar surface area (TPSA) is 181 Å². The fourth-order valence-corrected chi connectivity index (χ4v) is 2.70. The zero-order valence-corrected chi connectivity index (χ0v) is 22.0. The number of carbonyl (C=O) groups excluding carboxylic acids is 4. The Morgan fingerprint density at radius 1 is 0.850 bits per heavy atom. The van der Waals surface area contributed by atoms with Crippen molar-refractivity contribution in [2.75, 3.05) is 53.4 Å². The molecule has 0 bridgehead atoms. The van der Waals surface area contributed by atoms with Crippen molar-refractivity contribution in [3.05, 3.63) is 48.2 Å². The molecule has 40 heavy (non-hydrogen) atoms. The Morgan fingerprint density at radius 3 is 1.90 bits per heavy atom. The molecule has 15 nitrogen and oxygen atoms in total. The molecule has 0 radical (unpaired) electrons. The Labute approximate surface area is 229 Å². The Morgan fingerprint density at radius 2 is 1.48 bits per heavy atom. The van der Waals surface area contributed by atoms with Gasteiger partial charge in [0, 0.05) is 7.11 Å². The fraction of sp³-hybridized carbons (Fsp3) is 0.520. The zero-order valence-electron chi connectivity index (χ0n) is 22.0. The van der Waals surface area contributed by atoms with E-state index in [2.05, 4.69) is 33.2 Å². The number of rotatable bonds is 6. The lowest BCUT2D eigenvalue weighted by atomic mass is 10.1. The van der Waals surface area contributed by atoms with Crippen LogP contribution in [0.3, 0.4) is 0 Å². The van der Waals surface area contributed by atoms with Gasteiger partial charge in [0.2, 0.25) is 0 Å². The molecule has 2 unspecified atom stereocenters. The van der Waals surface area contributed by atoms with Crippen LogP contribution in [0.15, 0.2) is 42.7 Å². The lowest BCUT2D eigenvalue weighted by Gasteiger charge is -2.30. The average Bonchev–Trinajstić information content (AvgIpc) is 3.60. The molecule has 15 heteroatoms. The Kier molecular flexibility index (Phi) is 14.1. The third kappa shape index (κ3) is 13.1. The van der Waals surface area contributed by atoms with Gasteiger partial charge in [-0.05, 0) is 18.6 Å². The van der Waals surface area contributed by atoms with Crippen LogP contribution in [0.2, 0.25) is 0 Å². The summed E-state index contributed by atoms with van der Waals surface area (Å²) in [6.07, 6.45) is -0.319. The Bertz CT molecular complexity index is 954. The molecule has 0 aromatic heterocycles. The second-order valence-corrected chi connectivity index (χ2v) is 8.32. The number of hydrogen-bond acceptors (Lipinski definition) is 15. The first-order valence-corrected chi connectivity index (χ1v) is 12.0. The van der Waals surface area contributed by atoms with E-state index in [9.17, 15) is 19.2 Å². The summed E-state index contributed by atoms with van der Waals surface area (Å²) in [5, 5.41) is 8.33. The normalized spacial score (nSPS) is 21.8. The highest BCUT2D eigenvalue weighted by Crippen LogP contribution is 2.15. The summed E-state index contributed by atoms with van der Waals surface area (Å²) >= 11 is 0. The van der Waals surface area contributed by atoms with E-state index < -0.39 is 36.3 Å². The predicted octanol–water partition coefficient (Wildman–Crippen LogP) is 2.48. The first kappa shape index (κ1) is 32.1. The molecule has 0 saturated carbocycles. The van der Waals surface area contributed by atoms with E-state index in [1.807, 2.05) is 37.3 Å². The Balaban J connectivity index is 0.000000196. The number of aliphatic hydroxyl groups is 1. The predicted molar refractivity (Wildman–Crippen MR) is 130 cm³/mol. The van der Waals surface area contributed by atoms with Gasteiger partial charge in [-0.2, -0.15) is 0 Å². The molecule has 222 valence electrons. The van der Waals surface area contributed by atoms with Gasteiger partial charge in [-0.1, -0.05) is 30.3 Å². The number of aliphatic hydroxyl groups excluding tert-OH is 1. The standard InChI is InChI=1S/C11H12O4.C6H10O4.C4H6O4.C4H4O3/c12-11-14-8-10(15-11)7-13-6-9-4-2-1-3-5-9;1-6(8-2)3-9-5(7)10-4-6;5-1-3-2-7-4(6)8-3;5-4-6-2-1-3-7-4/h1-5,10H,6-8H2;3-4H2,1-2H3;3,5H,1-2H2;1-2H,3H2. The number of cyclic esters (lactones) is 8. The second kappa shape index (κ2) is 17.5. The van der Waals surface area contributed by atoms with Gasteiger partial charge in [-0.15, -0.1) is 0 Å². The molecule has 2 atom stereocenters. The van der Waals surface area contributed by atoms with E-state index >= 15 is 0 Å². The minimum Gasteiger partial charge on any atom is -0.431 e. The van der Waals surface area contributed by atoms with Crippen LogP contribution in [0.1, 0.15) is 12.5 Å². The number of ether oxygens (including phenoxy) is 10. The zero-order chi connectivity index (χ0) is 29.2. The highest BCUT2D eigenvalue weighted by atomic mass is 16.8. The van der Waals surface area contributed by atoms with Crippen molar-refractivity contribution in [2.24, 2.45) is 0 Å². The van der Waals surface area contributed by atoms with Crippen LogP contribution >= 0.6 is 0 Å². The smallest absolute Gasteiger partial charge is 0.431 e. The summed E-state index contributed by atoms with van der Waals surface area (Å²) in [6.45, 7) is 3.88. The quantitative estimate of drug-likeness (QED) is 0.387. The molecule has 4 heterocycles. The lowest BCUT2D eigenvalue weighted by molar-refractivity contribution is -0.126. The van der Waals surface area contributed by atoms with Gasteiger partial charge >= 0.3 is 24.6 Å². The highest BCUT2D eigenvalue weighted by Gasteiger charge is 2.32. The summed E-state index contributed by atoms with van der Waals surface area (Å²) in [4.78, 5) is 41.0.